The Labute approximate surface area is 131 Å². The molecule has 0 heterocycles. The number of hydrogen-bond acceptors (Lipinski definition) is 2. The first-order valence-electron chi connectivity index (χ1n) is 7.46. The molecule has 0 bridgehead atoms. The molecule has 2 rings (SSSR count). The van der Waals surface area contributed by atoms with Crippen molar-refractivity contribution in [3.63, 3.8) is 0 Å². The second-order valence-corrected chi connectivity index (χ2v) is 5.68. The first kappa shape index (κ1) is 16.1. The van der Waals surface area contributed by atoms with Crippen LogP contribution in [0, 0.1) is 0 Å². The number of aliphatic carboxylic acids is 1. The van der Waals surface area contributed by atoms with Gasteiger partial charge in [-0.05, 0) is 42.5 Å². The van der Waals surface area contributed by atoms with Crippen molar-refractivity contribution in [1.29, 1.82) is 0 Å². The SMILES string of the molecule is CCc1cc(CC(C)(C(=O)O)c2ccccc2)ccc1OC. The van der Waals surface area contributed by atoms with E-state index in [1.54, 1.807) is 14.0 Å². The summed E-state index contributed by atoms with van der Waals surface area (Å²) < 4.78 is 5.34. The fraction of sp³-hybridized carbons (Fsp3) is 0.316. The van der Waals surface area contributed by atoms with Crippen LogP contribution in [0.15, 0.2) is 48.5 Å². The lowest BCUT2D eigenvalue weighted by Crippen LogP contribution is -2.34. The lowest BCUT2D eigenvalue weighted by atomic mass is 9.77. The Balaban J connectivity index is 2.39. The summed E-state index contributed by atoms with van der Waals surface area (Å²) in [6.07, 6.45) is 1.30. The molecule has 0 saturated heterocycles. The summed E-state index contributed by atoms with van der Waals surface area (Å²) in [6, 6.07) is 15.3. The van der Waals surface area contributed by atoms with Gasteiger partial charge in [0.1, 0.15) is 5.75 Å². The molecule has 2 aromatic carbocycles. The molecule has 2 aromatic rings. The average molecular weight is 298 g/mol. The number of rotatable bonds is 6. The highest BCUT2D eigenvalue weighted by atomic mass is 16.5. The van der Waals surface area contributed by atoms with Gasteiger partial charge >= 0.3 is 5.97 Å². The molecule has 0 amide bonds. The zero-order valence-electron chi connectivity index (χ0n) is 13.3. The summed E-state index contributed by atoms with van der Waals surface area (Å²) in [4.78, 5) is 11.9. The van der Waals surface area contributed by atoms with Crippen molar-refractivity contribution in [2.75, 3.05) is 7.11 Å². The lowest BCUT2D eigenvalue weighted by molar-refractivity contribution is -0.143. The number of methoxy groups -OCH3 is 1. The maximum Gasteiger partial charge on any atom is 0.314 e. The van der Waals surface area contributed by atoms with E-state index in [-0.39, 0.29) is 0 Å². The third-order valence-corrected chi connectivity index (χ3v) is 4.17. The Morgan fingerprint density at radius 3 is 2.41 bits per heavy atom. The summed E-state index contributed by atoms with van der Waals surface area (Å²) in [5.41, 5.74) is 1.98. The Morgan fingerprint density at radius 2 is 1.86 bits per heavy atom. The van der Waals surface area contributed by atoms with E-state index in [2.05, 4.69) is 6.92 Å². The van der Waals surface area contributed by atoms with Crippen molar-refractivity contribution in [3.8, 4) is 5.75 Å². The van der Waals surface area contributed by atoms with E-state index >= 15 is 0 Å². The standard InChI is InChI=1S/C19H22O3/c1-4-15-12-14(10-11-17(15)22-3)13-19(2,18(20)21)16-8-6-5-7-9-16/h5-12H,4,13H2,1-3H3,(H,20,21). The molecule has 0 radical (unpaired) electrons. The largest absolute Gasteiger partial charge is 0.496 e. The molecule has 1 atom stereocenters. The lowest BCUT2D eigenvalue weighted by Gasteiger charge is -2.26. The summed E-state index contributed by atoms with van der Waals surface area (Å²) in [5.74, 6) is 0.0376. The topological polar surface area (TPSA) is 46.5 Å². The number of carbonyl (C=O) groups is 1. The predicted molar refractivity (Wildman–Crippen MR) is 87.5 cm³/mol. The fourth-order valence-corrected chi connectivity index (χ4v) is 2.73. The summed E-state index contributed by atoms with van der Waals surface area (Å²) >= 11 is 0. The minimum Gasteiger partial charge on any atom is -0.496 e. The van der Waals surface area contributed by atoms with Crippen LogP contribution in [0.4, 0.5) is 0 Å². The molecule has 1 N–H and O–H groups in total. The molecule has 116 valence electrons. The summed E-state index contributed by atoms with van der Waals surface area (Å²) in [6.45, 7) is 3.84. The molecule has 0 fully saturated rings. The predicted octanol–water partition coefficient (Wildman–Crippen LogP) is 3.84. The van der Waals surface area contributed by atoms with Crippen LogP contribution in [-0.4, -0.2) is 18.2 Å². The molecule has 0 saturated carbocycles. The second-order valence-electron chi connectivity index (χ2n) is 5.68. The van der Waals surface area contributed by atoms with Crippen LogP contribution in [-0.2, 0) is 23.1 Å². The van der Waals surface area contributed by atoms with Gasteiger partial charge in [-0.15, -0.1) is 0 Å². The van der Waals surface area contributed by atoms with Gasteiger partial charge in [-0.25, -0.2) is 0 Å². The minimum atomic E-state index is -0.944. The van der Waals surface area contributed by atoms with E-state index in [0.717, 1.165) is 28.9 Å². The van der Waals surface area contributed by atoms with Gasteiger partial charge in [0.05, 0.1) is 12.5 Å². The Morgan fingerprint density at radius 1 is 1.18 bits per heavy atom. The monoisotopic (exact) mass is 298 g/mol. The van der Waals surface area contributed by atoms with Gasteiger partial charge in [-0.2, -0.15) is 0 Å². The molecule has 0 aliphatic carbocycles. The van der Waals surface area contributed by atoms with Gasteiger partial charge in [0.2, 0.25) is 0 Å². The van der Waals surface area contributed by atoms with Crippen molar-refractivity contribution in [3.05, 3.63) is 65.2 Å². The smallest absolute Gasteiger partial charge is 0.314 e. The minimum absolute atomic E-state index is 0.448. The summed E-state index contributed by atoms with van der Waals surface area (Å²) in [5, 5.41) is 9.75. The third-order valence-electron chi connectivity index (χ3n) is 4.17. The zero-order valence-corrected chi connectivity index (χ0v) is 13.3. The van der Waals surface area contributed by atoms with Crippen LogP contribution in [0.1, 0.15) is 30.5 Å². The highest BCUT2D eigenvalue weighted by molar-refractivity contribution is 5.81. The number of carboxylic acids is 1. The van der Waals surface area contributed by atoms with Crippen molar-refractivity contribution in [2.24, 2.45) is 0 Å². The Hall–Kier alpha value is -2.29. The maximum absolute atomic E-state index is 11.9. The number of hydrogen-bond donors (Lipinski definition) is 1. The molecular formula is C19H22O3. The van der Waals surface area contributed by atoms with E-state index in [1.807, 2.05) is 48.5 Å². The van der Waals surface area contributed by atoms with E-state index in [9.17, 15) is 9.90 Å². The maximum atomic E-state index is 11.9. The fourth-order valence-electron chi connectivity index (χ4n) is 2.73. The molecule has 0 aliphatic rings. The number of ether oxygens (including phenoxy) is 1. The van der Waals surface area contributed by atoms with Crippen LogP contribution >= 0.6 is 0 Å². The highest BCUT2D eigenvalue weighted by Gasteiger charge is 2.35. The normalized spacial score (nSPS) is 13.4. The van der Waals surface area contributed by atoms with Gasteiger partial charge in [0, 0.05) is 0 Å². The first-order chi connectivity index (χ1) is 10.5. The second kappa shape index (κ2) is 6.65. The molecule has 1 unspecified atom stereocenters. The Kier molecular flexibility index (Phi) is 4.86. The average Bonchev–Trinajstić information content (AvgIpc) is 2.55. The molecule has 0 aliphatic heterocycles. The number of benzene rings is 2. The molecule has 0 aromatic heterocycles. The number of carboxylic acid groups (broad SMARTS) is 1. The van der Waals surface area contributed by atoms with Crippen LogP contribution < -0.4 is 4.74 Å². The molecular weight excluding hydrogens is 276 g/mol. The van der Waals surface area contributed by atoms with Gasteiger partial charge in [0.25, 0.3) is 0 Å². The number of aryl methyl sites for hydroxylation is 1. The van der Waals surface area contributed by atoms with Gasteiger partial charge in [-0.3, -0.25) is 4.79 Å². The van der Waals surface area contributed by atoms with Crippen molar-refractivity contribution >= 4 is 5.97 Å². The summed E-state index contributed by atoms with van der Waals surface area (Å²) in [7, 11) is 1.65. The molecule has 3 nitrogen and oxygen atoms in total. The zero-order chi connectivity index (χ0) is 16.2. The van der Waals surface area contributed by atoms with Crippen LogP contribution in [0.25, 0.3) is 0 Å². The molecule has 22 heavy (non-hydrogen) atoms. The molecule has 3 heteroatoms. The highest BCUT2D eigenvalue weighted by Crippen LogP contribution is 2.30. The first-order valence-corrected chi connectivity index (χ1v) is 7.46. The van der Waals surface area contributed by atoms with Crippen LogP contribution in [0.3, 0.4) is 0 Å². The van der Waals surface area contributed by atoms with Crippen molar-refractivity contribution in [2.45, 2.75) is 32.1 Å². The van der Waals surface area contributed by atoms with Crippen molar-refractivity contribution in [1.82, 2.24) is 0 Å². The van der Waals surface area contributed by atoms with E-state index in [1.165, 1.54) is 0 Å². The van der Waals surface area contributed by atoms with Gasteiger partial charge < -0.3 is 9.84 Å². The van der Waals surface area contributed by atoms with E-state index in [4.69, 9.17) is 4.74 Å². The van der Waals surface area contributed by atoms with E-state index < -0.39 is 11.4 Å². The van der Waals surface area contributed by atoms with Crippen molar-refractivity contribution < 1.29 is 14.6 Å². The van der Waals surface area contributed by atoms with Gasteiger partial charge in [-0.1, -0.05) is 49.4 Å². The van der Waals surface area contributed by atoms with Gasteiger partial charge in [0.15, 0.2) is 0 Å². The molecule has 0 spiro atoms. The third kappa shape index (κ3) is 3.14. The quantitative estimate of drug-likeness (QED) is 0.881. The van der Waals surface area contributed by atoms with E-state index in [0.29, 0.717) is 6.42 Å². The van der Waals surface area contributed by atoms with Crippen LogP contribution in [0.5, 0.6) is 5.75 Å². The Bertz CT molecular complexity index is 649. The van der Waals surface area contributed by atoms with Crippen LogP contribution in [0.2, 0.25) is 0 Å².